The van der Waals surface area contributed by atoms with E-state index < -0.39 is 5.51 Å². The van der Waals surface area contributed by atoms with Gasteiger partial charge >= 0.3 is 5.51 Å². The molecule has 1 aromatic heterocycles. The van der Waals surface area contributed by atoms with E-state index in [0.29, 0.717) is 17.9 Å². The Kier molecular flexibility index (Phi) is 4.62. The minimum atomic E-state index is -4.29. The molecule has 2 rings (SSSR count). The number of nitrogens with one attached hydrogen (secondary N) is 1. The fourth-order valence-electron chi connectivity index (χ4n) is 1.69. The van der Waals surface area contributed by atoms with Gasteiger partial charge in [-0.25, -0.2) is 0 Å². The van der Waals surface area contributed by atoms with Crippen molar-refractivity contribution in [3.63, 3.8) is 0 Å². The number of aromatic hydroxyl groups is 1. The minimum Gasteiger partial charge on any atom is -0.506 e. The van der Waals surface area contributed by atoms with Crippen molar-refractivity contribution in [2.75, 3.05) is 5.32 Å². The topological polar surface area (TPSA) is 45.1 Å². The Morgan fingerprint density at radius 2 is 1.81 bits per heavy atom. The maximum Gasteiger partial charge on any atom is 0.446 e. The molecule has 0 saturated heterocycles. The molecule has 112 valence electrons. The van der Waals surface area contributed by atoms with Gasteiger partial charge < -0.3 is 10.4 Å². The number of aromatic nitrogens is 1. The molecule has 1 aromatic carbocycles. The molecule has 0 bridgehead atoms. The smallest absolute Gasteiger partial charge is 0.446 e. The first-order valence-electron chi connectivity index (χ1n) is 6.09. The Hall–Kier alpha value is -1.89. The molecule has 0 unspecified atom stereocenters. The summed E-state index contributed by atoms with van der Waals surface area (Å²) in [5.41, 5.74) is -2.36. The van der Waals surface area contributed by atoms with Crippen LogP contribution in [-0.4, -0.2) is 15.6 Å². The maximum absolute atomic E-state index is 12.2. The van der Waals surface area contributed by atoms with Gasteiger partial charge in [0.25, 0.3) is 0 Å². The molecule has 0 aliphatic carbocycles. The lowest BCUT2D eigenvalue weighted by Gasteiger charge is -2.09. The first kappa shape index (κ1) is 15.5. The number of thioether (sulfide) groups is 1. The number of aryl methyl sites for hydroxylation is 1. The van der Waals surface area contributed by atoms with Crippen LogP contribution in [0.4, 0.5) is 18.9 Å². The zero-order chi connectivity index (χ0) is 15.5. The number of rotatable bonds is 4. The zero-order valence-electron chi connectivity index (χ0n) is 11.1. The molecule has 0 saturated carbocycles. The molecule has 0 radical (unpaired) electrons. The van der Waals surface area contributed by atoms with Crippen molar-refractivity contribution < 1.29 is 18.3 Å². The lowest BCUT2D eigenvalue weighted by Crippen LogP contribution is -2.03. The van der Waals surface area contributed by atoms with Gasteiger partial charge in [-0.1, -0.05) is 0 Å². The van der Waals surface area contributed by atoms with Crippen LogP contribution in [0.25, 0.3) is 0 Å². The van der Waals surface area contributed by atoms with E-state index in [1.165, 1.54) is 12.1 Å². The van der Waals surface area contributed by atoms with Crippen molar-refractivity contribution in [3.05, 3.63) is 47.8 Å². The van der Waals surface area contributed by atoms with Crippen LogP contribution in [0.2, 0.25) is 0 Å². The largest absolute Gasteiger partial charge is 0.506 e. The maximum atomic E-state index is 12.2. The highest BCUT2D eigenvalue weighted by molar-refractivity contribution is 8.00. The number of pyridine rings is 1. The Bertz CT molecular complexity index is 615. The van der Waals surface area contributed by atoms with E-state index in [1.54, 1.807) is 24.3 Å². The first-order chi connectivity index (χ1) is 9.83. The summed E-state index contributed by atoms with van der Waals surface area (Å²) in [4.78, 5) is 4.32. The predicted molar refractivity (Wildman–Crippen MR) is 76.3 cm³/mol. The first-order valence-corrected chi connectivity index (χ1v) is 6.90. The molecule has 2 N–H and O–H groups in total. The number of hydrogen-bond acceptors (Lipinski definition) is 4. The number of alkyl halides is 3. The Morgan fingerprint density at radius 3 is 2.43 bits per heavy atom. The summed E-state index contributed by atoms with van der Waals surface area (Å²) in [5.74, 6) is 0.0809. The molecular weight excluding hydrogens is 301 g/mol. The van der Waals surface area contributed by atoms with Gasteiger partial charge in [0, 0.05) is 16.3 Å². The van der Waals surface area contributed by atoms with Crippen LogP contribution in [0.15, 0.2) is 41.3 Å². The summed E-state index contributed by atoms with van der Waals surface area (Å²) in [5, 5.41) is 12.7. The standard InChI is InChI=1S/C14H13F3N2OS/c1-9-2-7-13(20)12(19-9)8-18-10-3-5-11(6-4-10)21-14(15,16)17/h2-7,18,20H,8H2,1H3. The van der Waals surface area contributed by atoms with Crippen LogP contribution < -0.4 is 5.32 Å². The van der Waals surface area contributed by atoms with Crippen LogP contribution in [0, 0.1) is 6.92 Å². The fraction of sp³-hybridized carbons (Fsp3) is 0.214. The Labute approximate surface area is 124 Å². The zero-order valence-corrected chi connectivity index (χ0v) is 11.9. The number of benzene rings is 1. The Balaban J connectivity index is 1.99. The molecule has 3 nitrogen and oxygen atoms in total. The highest BCUT2D eigenvalue weighted by atomic mass is 32.2. The average Bonchev–Trinajstić information content (AvgIpc) is 2.40. The SMILES string of the molecule is Cc1ccc(O)c(CNc2ccc(SC(F)(F)F)cc2)n1. The van der Waals surface area contributed by atoms with Gasteiger partial charge in [-0.05, 0) is 55.1 Å². The van der Waals surface area contributed by atoms with Gasteiger partial charge in [0.15, 0.2) is 0 Å². The summed E-state index contributed by atoms with van der Waals surface area (Å²) in [6, 6.07) is 9.15. The lowest BCUT2D eigenvalue weighted by molar-refractivity contribution is -0.0328. The summed E-state index contributed by atoms with van der Waals surface area (Å²) in [6.07, 6.45) is 0. The normalized spacial score (nSPS) is 11.4. The molecular formula is C14H13F3N2OS. The molecule has 2 aromatic rings. The van der Waals surface area contributed by atoms with Crippen LogP contribution in [0.5, 0.6) is 5.75 Å². The van der Waals surface area contributed by atoms with Crippen LogP contribution >= 0.6 is 11.8 Å². The van der Waals surface area contributed by atoms with Crippen LogP contribution in [0.3, 0.4) is 0 Å². The molecule has 0 spiro atoms. The van der Waals surface area contributed by atoms with Crippen molar-refractivity contribution >= 4 is 17.4 Å². The van der Waals surface area contributed by atoms with Gasteiger partial charge in [0.05, 0.1) is 6.54 Å². The lowest BCUT2D eigenvalue weighted by atomic mass is 10.2. The summed E-state index contributed by atoms with van der Waals surface area (Å²) < 4.78 is 36.6. The van der Waals surface area contributed by atoms with E-state index in [4.69, 9.17) is 0 Å². The second-order valence-electron chi connectivity index (χ2n) is 4.34. The monoisotopic (exact) mass is 314 g/mol. The molecule has 21 heavy (non-hydrogen) atoms. The van der Waals surface area contributed by atoms with E-state index in [0.717, 1.165) is 5.69 Å². The van der Waals surface area contributed by atoms with E-state index in [-0.39, 0.29) is 22.4 Å². The van der Waals surface area contributed by atoms with Gasteiger partial charge in [-0.2, -0.15) is 13.2 Å². The predicted octanol–water partition coefficient (Wildman–Crippen LogP) is 4.32. The van der Waals surface area contributed by atoms with Crippen LogP contribution in [0.1, 0.15) is 11.4 Å². The molecule has 1 heterocycles. The summed E-state index contributed by atoms with van der Waals surface area (Å²) >= 11 is -0.152. The van der Waals surface area contributed by atoms with Crippen molar-refractivity contribution in [2.45, 2.75) is 23.9 Å². The van der Waals surface area contributed by atoms with Crippen molar-refractivity contribution in [1.29, 1.82) is 0 Å². The fourth-order valence-corrected chi connectivity index (χ4v) is 2.23. The molecule has 0 aliphatic rings. The summed E-state index contributed by atoms with van der Waals surface area (Å²) in [6.45, 7) is 2.10. The van der Waals surface area contributed by atoms with E-state index in [9.17, 15) is 18.3 Å². The minimum absolute atomic E-state index is 0.0809. The van der Waals surface area contributed by atoms with Crippen LogP contribution in [-0.2, 0) is 6.54 Å². The van der Waals surface area contributed by atoms with Gasteiger partial charge in [0.2, 0.25) is 0 Å². The number of nitrogens with zero attached hydrogens (tertiary/aromatic N) is 1. The molecule has 0 fully saturated rings. The molecule has 7 heteroatoms. The molecule has 0 atom stereocenters. The second-order valence-corrected chi connectivity index (χ2v) is 5.48. The molecule has 0 amide bonds. The van der Waals surface area contributed by atoms with Crippen molar-refractivity contribution in [1.82, 2.24) is 4.98 Å². The van der Waals surface area contributed by atoms with E-state index >= 15 is 0 Å². The van der Waals surface area contributed by atoms with Crippen molar-refractivity contribution in [3.8, 4) is 5.75 Å². The van der Waals surface area contributed by atoms with E-state index in [2.05, 4.69) is 10.3 Å². The highest BCUT2D eigenvalue weighted by Crippen LogP contribution is 2.37. The third kappa shape index (κ3) is 4.86. The average molecular weight is 314 g/mol. The number of hydrogen-bond donors (Lipinski definition) is 2. The highest BCUT2D eigenvalue weighted by Gasteiger charge is 2.28. The van der Waals surface area contributed by atoms with E-state index in [1.807, 2.05) is 6.92 Å². The quantitative estimate of drug-likeness (QED) is 0.825. The second kappa shape index (κ2) is 6.26. The number of anilines is 1. The van der Waals surface area contributed by atoms with Gasteiger partial charge in [-0.3, -0.25) is 4.98 Å². The molecule has 0 aliphatic heterocycles. The van der Waals surface area contributed by atoms with Gasteiger partial charge in [0.1, 0.15) is 11.4 Å². The third-order valence-electron chi connectivity index (χ3n) is 2.64. The van der Waals surface area contributed by atoms with Gasteiger partial charge in [-0.15, -0.1) is 0 Å². The Morgan fingerprint density at radius 1 is 1.14 bits per heavy atom. The van der Waals surface area contributed by atoms with Crippen molar-refractivity contribution in [2.24, 2.45) is 0 Å². The third-order valence-corrected chi connectivity index (χ3v) is 3.38. The summed E-state index contributed by atoms with van der Waals surface area (Å²) in [7, 11) is 0. The number of halogens is 3.